The topological polar surface area (TPSA) is 51.1 Å². The minimum absolute atomic E-state index is 0.0396. The Bertz CT molecular complexity index is 595. The highest BCUT2D eigenvalue weighted by Crippen LogP contribution is 2.28. The number of rotatable bonds is 3. The van der Waals surface area contributed by atoms with Gasteiger partial charge in [0.25, 0.3) is 5.56 Å². The molecular formula is C15H19F3N2O2. The van der Waals surface area contributed by atoms with Gasteiger partial charge >= 0.3 is 6.18 Å². The molecule has 2 rings (SSSR count). The van der Waals surface area contributed by atoms with Gasteiger partial charge in [-0.15, -0.1) is 0 Å². The van der Waals surface area contributed by atoms with Crippen LogP contribution in [0.1, 0.15) is 38.2 Å². The second kappa shape index (κ2) is 6.54. The monoisotopic (exact) mass is 316 g/mol. The van der Waals surface area contributed by atoms with Crippen molar-refractivity contribution < 1.29 is 18.0 Å². The average Bonchev–Trinajstić information content (AvgIpc) is 2.40. The summed E-state index contributed by atoms with van der Waals surface area (Å²) in [5, 5.41) is 2.80. The molecule has 1 fully saturated rings. The Morgan fingerprint density at radius 1 is 1.36 bits per heavy atom. The van der Waals surface area contributed by atoms with Crippen molar-refractivity contribution >= 4 is 5.91 Å². The number of nitrogens with one attached hydrogen (secondary N) is 1. The summed E-state index contributed by atoms with van der Waals surface area (Å²) >= 11 is 0. The van der Waals surface area contributed by atoms with Gasteiger partial charge in [0, 0.05) is 18.3 Å². The first kappa shape index (κ1) is 16.6. The Morgan fingerprint density at radius 2 is 2.09 bits per heavy atom. The van der Waals surface area contributed by atoms with Crippen molar-refractivity contribution in [3.63, 3.8) is 0 Å². The average molecular weight is 316 g/mol. The van der Waals surface area contributed by atoms with Gasteiger partial charge in [-0.2, -0.15) is 13.2 Å². The molecule has 22 heavy (non-hydrogen) atoms. The lowest BCUT2D eigenvalue weighted by atomic mass is 9.87. The maximum absolute atomic E-state index is 12.6. The molecule has 1 aromatic rings. The van der Waals surface area contributed by atoms with Crippen molar-refractivity contribution in [2.24, 2.45) is 5.92 Å². The minimum Gasteiger partial charge on any atom is -0.352 e. The normalized spacial score (nSPS) is 22.4. The molecule has 0 aromatic carbocycles. The first-order chi connectivity index (χ1) is 10.3. The zero-order valence-electron chi connectivity index (χ0n) is 12.3. The van der Waals surface area contributed by atoms with Gasteiger partial charge in [0.05, 0.1) is 5.56 Å². The molecule has 1 saturated carbocycles. The molecule has 0 aliphatic heterocycles. The molecule has 7 heteroatoms. The van der Waals surface area contributed by atoms with Crippen LogP contribution in [-0.2, 0) is 17.5 Å². The minimum atomic E-state index is -4.54. The molecule has 2 unspecified atom stereocenters. The van der Waals surface area contributed by atoms with Gasteiger partial charge in [-0.05, 0) is 24.8 Å². The van der Waals surface area contributed by atoms with E-state index in [9.17, 15) is 22.8 Å². The molecule has 1 aromatic heterocycles. The number of hydrogen-bond acceptors (Lipinski definition) is 2. The van der Waals surface area contributed by atoms with E-state index < -0.39 is 29.8 Å². The number of halogens is 3. The van der Waals surface area contributed by atoms with Crippen molar-refractivity contribution in [3.8, 4) is 0 Å². The summed E-state index contributed by atoms with van der Waals surface area (Å²) in [4.78, 5) is 23.5. The number of pyridine rings is 1. The second-order valence-electron chi connectivity index (χ2n) is 5.92. The fraction of sp³-hybridized carbons (Fsp3) is 0.600. The molecule has 1 heterocycles. The lowest BCUT2D eigenvalue weighted by Gasteiger charge is -2.27. The highest BCUT2D eigenvalue weighted by molar-refractivity contribution is 5.76. The fourth-order valence-electron chi connectivity index (χ4n) is 2.82. The van der Waals surface area contributed by atoms with Crippen LogP contribution in [0.15, 0.2) is 23.1 Å². The largest absolute Gasteiger partial charge is 0.417 e. The summed E-state index contributed by atoms with van der Waals surface area (Å²) in [6.45, 7) is 1.71. The van der Waals surface area contributed by atoms with Gasteiger partial charge in [0.15, 0.2) is 0 Å². The van der Waals surface area contributed by atoms with Crippen LogP contribution in [0.3, 0.4) is 0 Å². The van der Waals surface area contributed by atoms with Crippen LogP contribution < -0.4 is 10.9 Å². The number of carbonyl (C=O) groups excluding carboxylic acids is 1. The van der Waals surface area contributed by atoms with Crippen molar-refractivity contribution in [2.45, 2.75) is 51.4 Å². The molecule has 0 spiro atoms. The maximum atomic E-state index is 12.6. The Labute approximate surface area is 126 Å². The van der Waals surface area contributed by atoms with Crippen LogP contribution in [0.2, 0.25) is 0 Å². The van der Waals surface area contributed by atoms with E-state index in [-0.39, 0.29) is 6.04 Å². The highest BCUT2D eigenvalue weighted by atomic mass is 19.4. The summed E-state index contributed by atoms with van der Waals surface area (Å²) in [6, 6.07) is 1.59. The third-order valence-electron chi connectivity index (χ3n) is 3.93. The summed E-state index contributed by atoms with van der Waals surface area (Å²) in [6.07, 6.45) is 0.0298. The van der Waals surface area contributed by atoms with Crippen molar-refractivity contribution in [1.29, 1.82) is 0 Å². The van der Waals surface area contributed by atoms with Crippen molar-refractivity contribution in [3.05, 3.63) is 34.2 Å². The predicted molar refractivity (Wildman–Crippen MR) is 75.3 cm³/mol. The molecular weight excluding hydrogens is 297 g/mol. The number of hydrogen-bond donors (Lipinski definition) is 1. The van der Waals surface area contributed by atoms with E-state index in [0.717, 1.165) is 42.4 Å². The fourth-order valence-corrected chi connectivity index (χ4v) is 2.82. The second-order valence-corrected chi connectivity index (χ2v) is 5.92. The molecule has 0 radical (unpaired) electrons. The van der Waals surface area contributed by atoms with Gasteiger partial charge in [-0.3, -0.25) is 9.59 Å². The van der Waals surface area contributed by atoms with Crippen molar-refractivity contribution in [1.82, 2.24) is 9.88 Å². The van der Waals surface area contributed by atoms with E-state index in [1.807, 2.05) is 0 Å². The van der Waals surface area contributed by atoms with Crippen LogP contribution in [0.4, 0.5) is 13.2 Å². The Morgan fingerprint density at radius 3 is 2.73 bits per heavy atom. The predicted octanol–water partition coefficient (Wildman–Crippen LogP) is 2.56. The number of aromatic nitrogens is 1. The maximum Gasteiger partial charge on any atom is 0.417 e. The van der Waals surface area contributed by atoms with Gasteiger partial charge in [0.1, 0.15) is 6.54 Å². The molecule has 1 aliphatic carbocycles. The molecule has 1 aliphatic rings. The van der Waals surface area contributed by atoms with Crippen LogP contribution in [0, 0.1) is 5.92 Å². The summed E-state index contributed by atoms with van der Waals surface area (Å²) < 4.78 is 38.7. The number of nitrogens with zero attached hydrogens (tertiary/aromatic N) is 1. The smallest absolute Gasteiger partial charge is 0.352 e. The highest BCUT2D eigenvalue weighted by Gasteiger charge is 2.31. The molecule has 1 amide bonds. The lowest BCUT2D eigenvalue weighted by Crippen LogP contribution is -2.41. The van der Waals surface area contributed by atoms with Crippen LogP contribution >= 0.6 is 0 Å². The summed E-state index contributed by atoms with van der Waals surface area (Å²) in [5.74, 6) is 0.0934. The summed E-state index contributed by atoms with van der Waals surface area (Å²) in [7, 11) is 0. The standard InChI is InChI=1S/C15H19F3N2O2/c1-10-3-2-4-12(7-10)19-13(21)9-20-8-11(15(16,17)18)5-6-14(20)22/h5-6,8,10,12H,2-4,7,9H2,1H3,(H,19,21). The molecule has 122 valence electrons. The van der Waals surface area contributed by atoms with E-state index in [2.05, 4.69) is 12.2 Å². The van der Waals surface area contributed by atoms with E-state index >= 15 is 0 Å². The molecule has 2 atom stereocenters. The lowest BCUT2D eigenvalue weighted by molar-refractivity contribution is -0.138. The third kappa shape index (κ3) is 4.35. The SMILES string of the molecule is CC1CCCC(NC(=O)Cn2cc(C(F)(F)F)ccc2=O)C1. The Kier molecular flexibility index (Phi) is 4.93. The number of amides is 1. The van der Waals surface area contributed by atoms with Gasteiger partial charge < -0.3 is 9.88 Å². The van der Waals surface area contributed by atoms with Crippen LogP contribution in [0.25, 0.3) is 0 Å². The zero-order valence-corrected chi connectivity index (χ0v) is 12.3. The van der Waals surface area contributed by atoms with E-state index in [0.29, 0.717) is 12.1 Å². The number of alkyl halides is 3. The summed E-state index contributed by atoms with van der Waals surface area (Å²) in [5.41, 5.74) is -1.56. The Balaban J connectivity index is 2.03. The zero-order chi connectivity index (χ0) is 16.3. The van der Waals surface area contributed by atoms with Gasteiger partial charge in [-0.25, -0.2) is 0 Å². The van der Waals surface area contributed by atoms with Crippen molar-refractivity contribution in [2.75, 3.05) is 0 Å². The molecule has 0 bridgehead atoms. The molecule has 4 nitrogen and oxygen atoms in total. The Hall–Kier alpha value is -1.79. The molecule has 1 N–H and O–H groups in total. The first-order valence-electron chi connectivity index (χ1n) is 7.33. The van der Waals surface area contributed by atoms with E-state index in [1.165, 1.54) is 0 Å². The number of carbonyl (C=O) groups is 1. The van der Waals surface area contributed by atoms with Crippen LogP contribution in [0.5, 0.6) is 0 Å². The first-order valence-corrected chi connectivity index (χ1v) is 7.33. The molecule has 0 saturated heterocycles. The van der Waals surface area contributed by atoms with Gasteiger partial charge in [-0.1, -0.05) is 19.8 Å². The van der Waals surface area contributed by atoms with E-state index in [1.54, 1.807) is 0 Å². The third-order valence-corrected chi connectivity index (χ3v) is 3.93. The quantitative estimate of drug-likeness (QED) is 0.932. The van der Waals surface area contributed by atoms with Gasteiger partial charge in [0.2, 0.25) is 5.91 Å². The van der Waals surface area contributed by atoms with Crippen LogP contribution in [-0.4, -0.2) is 16.5 Å². The van der Waals surface area contributed by atoms with E-state index in [4.69, 9.17) is 0 Å².